The maximum atomic E-state index is 13.9. The summed E-state index contributed by atoms with van der Waals surface area (Å²) in [7, 11) is 0. The van der Waals surface area contributed by atoms with Crippen molar-refractivity contribution in [3.05, 3.63) is 40.3 Å². The minimum atomic E-state index is -0.872. The molecule has 20 heavy (non-hydrogen) atoms. The van der Waals surface area contributed by atoms with Crippen molar-refractivity contribution in [2.24, 2.45) is 0 Å². The molecule has 102 valence electrons. The van der Waals surface area contributed by atoms with Crippen LogP contribution in [0.5, 0.6) is 0 Å². The number of aryl methyl sites for hydroxylation is 1. The van der Waals surface area contributed by atoms with Crippen LogP contribution < -0.4 is 4.90 Å². The third kappa shape index (κ3) is 1.78. The second-order valence-corrected chi connectivity index (χ2v) is 4.62. The number of hydrogen-bond acceptors (Lipinski definition) is 5. The highest BCUT2D eigenvalue weighted by atomic mass is 35.5. The van der Waals surface area contributed by atoms with Gasteiger partial charge >= 0.3 is 0 Å². The Labute approximate surface area is 117 Å². The predicted octanol–water partition coefficient (Wildman–Crippen LogP) is 1.90. The first-order valence-electron chi connectivity index (χ1n) is 5.62. The quantitative estimate of drug-likeness (QED) is 0.791. The Morgan fingerprint density at radius 2 is 2.15 bits per heavy atom. The molecule has 0 atom stereocenters. The van der Waals surface area contributed by atoms with Crippen LogP contribution in [0.3, 0.4) is 0 Å². The summed E-state index contributed by atoms with van der Waals surface area (Å²) in [6.07, 6.45) is 0. The number of aromatic nitrogens is 2. The molecule has 1 aliphatic heterocycles. The summed E-state index contributed by atoms with van der Waals surface area (Å²) in [5.74, 6) is -1.94. The van der Waals surface area contributed by atoms with Crippen molar-refractivity contribution in [3.8, 4) is 0 Å². The van der Waals surface area contributed by atoms with Gasteiger partial charge in [0.25, 0.3) is 11.7 Å². The van der Waals surface area contributed by atoms with Gasteiger partial charge in [0.15, 0.2) is 5.82 Å². The first-order chi connectivity index (χ1) is 9.49. The van der Waals surface area contributed by atoms with Crippen molar-refractivity contribution in [1.82, 2.24) is 10.1 Å². The fourth-order valence-corrected chi connectivity index (χ4v) is 2.28. The minimum absolute atomic E-state index is 0.0314. The van der Waals surface area contributed by atoms with Crippen molar-refractivity contribution in [3.63, 3.8) is 0 Å². The molecule has 0 fully saturated rings. The van der Waals surface area contributed by atoms with Crippen LogP contribution in [0.25, 0.3) is 0 Å². The monoisotopic (exact) mass is 295 g/mol. The lowest BCUT2D eigenvalue weighted by Crippen LogP contribution is -2.29. The Morgan fingerprint density at radius 3 is 2.80 bits per heavy atom. The van der Waals surface area contributed by atoms with Crippen molar-refractivity contribution in [1.29, 1.82) is 0 Å². The van der Waals surface area contributed by atoms with Gasteiger partial charge in [-0.05, 0) is 19.1 Å². The molecule has 2 heterocycles. The molecule has 0 aliphatic carbocycles. The largest absolute Gasteiger partial charge is 0.337 e. The predicted molar refractivity (Wildman–Crippen MR) is 66.0 cm³/mol. The van der Waals surface area contributed by atoms with Gasteiger partial charge in [0, 0.05) is 0 Å². The summed E-state index contributed by atoms with van der Waals surface area (Å²) in [6.45, 7) is 1.42. The van der Waals surface area contributed by atoms with Crippen LogP contribution in [0.2, 0.25) is 5.02 Å². The van der Waals surface area contributed by atoms with E-state index in [0.29, 0.717) is 5.82 Å². The number of benzene rings is 1. The molecule has 0 saturated heterocycles. The van der Waals surface area contributed by atoms with Crippen molar-refractivity contribution < 1.29 is 18.5 Å². The zero-order valence-corrected chi connectivity index (χ0v) is 10.9. The van der Waals surface area contributed by atoms with E-state index in [9.17, 15) is 14.0 Å². The Bertz CT molecular complexity index is 744. The Morgan fingerprint density at radius 1 is 1.40 bits per heavy atom. The summed E-state index contributed by atoms with van der Waals surface area (Å²) in [4.78, 5) is 28.7. The molecule has 1 amide bonds. The smallest absolute Gasteiger partial charge is 0.300 e. The van der Waals surface area contributed by atoms with E-state index in [-0.39, 0.29) is 28.7 Å². The first-order valence-corrected chi connectivity index (χ1v) is 6.00. The van der Waals surface area contributed by atoms with E-state index >= 15 is 0 Å². The number of rotatable bonds is 2. The molecule has 0 radical (unpaired) electrons. The molecule has 2 aromatic rings. The summed E-state index contributed by atoms with van der Waals surface area (Å²) < 4.78 is 18.8. The van der Waals surface area contributed by atoms with E-state index in [1.165, 1.54) is 6.07 Å². The number of ketones is 1. The molecular formula is C12H7ClFN3O3. The summed E-state index contributed by atoms with van der Waals surface area (Å²) in [5.41, 5.74) is -0.281. The zero-order chi connectivity index (χ0) is 14.4. The third-order valence-corrected chi connectivity index (χ3v) is 3.19. The number of halogens is 2. The lowest BCUT2D eigenvalue weighted by Gasteiger charge is -2.14. The number of carbonyl (C=O) groups excluding carboxylic acids is 2. The van der Waals surface area contributed by atoms with Crippen LogP contribution in [-0.4, -0.2) is 21.8 Å². The summed E-state index contributed by atoms with van der Waals surface area (Å²) in [6, 6.07) is 2.33. The number of hydrogen-bond donors (Lipinski definition) is 0. The van der Waals surface area contributed by atoms with Gasteiger partial charge in [-0.2, -0.15) is 4.98 Å². The number of carbonyl (C=O) groups is 2. The van der Waals surface area contributed by atoms with Gasteiger partial charge in [0.2, 0.25) is 5.89 Å². The number of nitrogens with zero attached hydrogens (tertiary/aromatic N) is 3. The molecule has 0 unspecified atom stereocenters. The highest BCUT2D eigenvalue weighted by Gasteiger charge is 2.40. The molecule has 0 N–H and O–H groups in total. The SMILES string of the molecule is Cc1noc(CN2C(=O)C(=O)c3c(Cl)ccc(F)c32)n1. The summed E-state index contributed by atoms with van der Waals surface area (Å²) >= 11 is 5.86. The number of amides is 1. The number of fused-ring (bicyclic) bond motifs is 1. The van der Waals surface area contributed by atoms with Gasteiger partial charge < -0.3 is 4.52 Å². The van der Waals surface area contributed by atoms with Gasteiger partial charge in [0.1, 0.15) is 12.4 Å². The van der Waals surface area contributed by atoms with E-state index < -0.39 is 17.5 Å². The molecule has 3 rings (SSSR count). The van der Waals surface area contributed by atoms with Crippen molar-refractivity contribution in [2.45, 2.75) is 13.5 Å². The molecule has 1 aromatic carbocycles. The minimum Gasteiger partial charge on any atom is -0.337 e. The lowest BCUT2D eigenvalue weighted by molar-refractivity contribution is -0.114. The van der Waals surface area contributed by atoms with Crippen LogP contribution in [0, 0.1) is 12.7 Å². The van der Waals surface area contributed by atoms with Crippen LogP contribution in [0.1, 0.15) is 22.1 Å². The zero-order valence-electron chi connectivity index (χ0n) is 10.2. The molecular weight excluding hydrogens is 289 g/mol. The summed E-state index contributed by atoms with van der Waals surface area (Å²) in [5, 5.41) is 3.60. The van der Waals surface area contributed by atoms with Crippen LogP contribution in [-0.2, 0) is 11.3 Å². The standard InChI is InChI=1S/C12H7ClFN3O3/c1-5-15-8(20-16-5)4-17-10-7(14)3-2-6(13)9(10)11(18)12(17)19/h2-3H,4H2,1H3. The van der Waals surface area contributed by atoms with Crippen molar-refractivity contribution >= 4 is 29.0 Å². The van der Waals surface area contributed by atoms with E-state index in [0.717, 1.165) is 11.0 Å². The van der Waals surface area contributed by atoms with E-state index in [4.69, 9.17) is 16.1 Å². The van der Waals surface area contributed by atoms with E-state index in [1.807, 2.05) is 0 Å². The second-order valence-electron chi connectivity index (χ2n) is 4.21. The highest BCUT2D eigenvalue weighted by molar-refractivity contribution is 6.55. The second kappa shape index (κ2) is 4.38. The Kier molecular flexibility index (Phi) is 2.79. The van der Waals surface area contributed by atoms with Crippen LogP contribution in [0.15, 0.2) is 16.7 Å². The molecule has 8 heteroatoms. The van der Waals surface area contributed by atoms with E-state index in [2.05, 4.69) is 10.1 Å². The van der Waals surface area contributed by atoms with Gasteiger partial charge in [-0.15, -0.1) is 0 Å². The number of Topliss-reactive ketones (excluding diaryl/α,β-unsaturated/α-hetero) is 1. The maximum absolute atomic E-state index is 13.9. The normalized spacial score (nSPS) is 14.1. The van der Waals surface area contributed by atoms with Gasteiger partial charge in [-0.3, -0.25) is 14.5 Å². The molecule has 1 aliphatic rings. The molecule has 0 spiro atoms. The van der Waals surface area contributed by atoms with Crippen LogP contribution in [0.4, 0.5) is 10.1 Å². The lowest BCUT2D eigenvalue weighted by atomic mass is 10.1. The fraction of sp³-hybridized carbons (Fsp3) is 0.167. The molecule has 0 bridgehead atoms. The Hall–Kier alpha value is -2.28. The molecule has 0 saturated carbocycles. The maximum Gasteiger partial charge on any atom is 0.300 e. The van der Waals surface area contributed by atoms with Crippen molar-refractivity contribution in [2.75, 3.05) is 4.90 Å². The highest BCUT2D eigenvalue weighted by Crippen LogP contribution is 2.37. The van der Waals surface area contributed by atoms with Gasteiger partial charge in [-0.1, -0.05) is 16.8 Å². The average Bonchev–Trinajstić information content (AvgIpc) is 2.92. The molecule has 1 aromatic heterocycles. The first kappa shape index (κ1) is 12.7. The van der Waals surface area contributed by atoms with E-state index in [1.54, 1.807) is 6.92 Å². The van der Waals surface area contributed by atoms with Gasteiger partial charge in [0.05, 0.1) is 16.3 Å². The van der Waals surface area contributed by atoms with Crippen LogP contribution >= 0.6 is 11.6 Å². The third-order valence-electron chi connectivity index (χ3n) is 2.88. The number of anilines is 1. The topological polar surface area (TPSA) is 76.3 Å². The average molecular weight is 296 g/mol. The Balaban J connectivity index is 2.08. The molecule has 6 nitrogen and oxygen atoms in total. The van der Waals surface area contributed by atoms with Gasteiger partial charge in [-0.25, -0.2) is 4.39 Å². The fourth-order valence-electron chi connectivity index (χ4n) is 2.04.